The molecule has 0 heterocycles. The molecule has 0 spiro atoms. The standard InChI is InChI=1S/C22H13Cl15O2/c1-38-7-3-5-6(4-8(7)39-2)11-12(16(25)19(30,31)15(11,24)21(34,35)22(16,36)37)9-10(5)14(23)17(26,27)13(9)18(28,29)20(14,32)33/h3-4,9-13H,1-2H3/t9-,10-,11-,12+,13-,14-,15+,16+/m1/s1. The van der Waals surface area contributed by atoms with Crippen molar-refractivity contribution in [3.63, 3.8) is 0 Å². The Morgan fingerprint density at radius 2 is 0.949 bits per heavy atom. The van der Waals surface area contributed by atoms with Crippen LogP contribution >= 0.6 is 174 Å². The number of hydrogen-bond acceptors (Lipinski definition) is 2. The van der Waals surface area contributed by atoms with Gasteiger partial charge >= 0.3 is 0 Å². The summed E-state index contributed by atoms with van der Waals surface area (Å²) in [6.45, 7) is 0. The first kappa shape index (κ1) is 32.1. The van der Waals surface area contributed by atoms with Crippen LogP contribution in [-0.2, 0) is 0 Å². The first-order valence-electron chi connectivity index (χ1n) is 11.1. The van der Waals surface area contributed by atoms with Crippen LogP contribution in [0.4, 0.5) is 0 Å². The molecule has 0 amide bonds. The van der Waals surface area contributed by atoms with Crippen LogP contribution in [0.1, 0.15) is 23.0 Å². The summed E-state index contributed by atoms with van der Waals surface area (Å²) >= 11 is 106. The van der Waals surface area contributed by atoms with Crippen molar-refractivity contribution < 1.29 is 9.47 Å². The Balaban J connectivity index is 1.79. The van der Waals surface area contributed by atoms with E-state index in [1.54, 1.807) is 12.1 Å². The van der Waals surface area contributed by atoms with Gasteiger partial charge in [0, 0.05) is 17.8 Å². The molecule has 0 N–H and O–H groups in total. The summed E-state index contributed by atoms with van der Waals surface area (Å²) in [5.74, 6) is -4.15. The molecule has 0 aromatic heterocycles. The molecule has 39 heavy (non-hydrogen) atoms. The van der Waals surface area contributed by atoms with Crippen LogP contribution in [0.15, 0.2) is 12.1 Å². The maximum absolute atomic E-state index is 7.41. The second-order valence-electron chi connectivity index (χ2n) is 10.6. The molecule has 8 atom stereocenters. The summed E-state index contributed by atoms with van der Waals surface area (Å²) in [6.07, 6.45) is 0. The van der Waals surface area contributed by atoms with E-state index in [9.17, 15) is 0 Å². The van der Waals surface area contributed by atoms with Crippen molar-refractivity contribution in [1.29, 1.82) is 0 Å². The minimum absolute atomic E-state index is 0.328. The Labute approximate surface area is 299 Å². The van der Waals surface area contributed by atoms with Gasteiger partial charge in [-0.15, -0.1) is 34.8 Å². The predicted octanol–water partition coefficient (Wildman–Crippen LogP) is 10.8. The van der Waals surface area contributed by atoms with Crippen LogP contribution in [0.25, 0.3) is 0 Å². The summed E-state index contributed by atoms with van der Waals surface area (Å²) in [5, 5.41) is 0. The van der Waals surface area contributed by atoms with Gasteiger partial charge in [-0.3, -0.25) is 0 Å². The molecule has 5 aliphatic rings. The van der Waals surface area contributed by atoms with Gasteiger partial charge in [-0.2, -0.15) is 0 Å². The average Bonchev–Trinajstić information content (AvgIpc) is 3.17. The summed E-state index contributed by atoms with van der Waals surface area (Å²) in [6, 6.07) is 3.35. The van der Waals surface area contributed by atoms with Crippen molar-refractivity contribution >= 4 is 174 Å². The van der Waals surface area contributed by atoms with E-state index in [-0.39, 0.29) is 0 Å². The van der Waals surface area contributed by atoms with Crippen molar-refractivity contribution in [2.75, 3.05) is 14.2 Å². The first-order chi connectivity index (χ1) is 17.5. The first-order valence-corrected chi connectivity index (χ1v) is 16.7. The molecule has 1 aromatic rings. The molecule has 0 saturated heterocycles. The molecule has 2 nitrogen and oxygen atoms in total. The number of halogens is 15. The minimum Gasteiger partial charge on any atom is -0.493 e. The van der Waals surface area contributed by atoms with Gasteiger partial charge in [0.05, 0.1) is 14.2 Å². The third kappa shape index (κ3) is 2.84. The van der Waals surface area contributed by atoms with Crippen molar-refractivity contribution in [3.8, 4) is 11.5 Å². The van der Waals surface area contributed by atoms with Crippen LogP contribution in [-0.4, -0.2) is 54.8 Å². The number of ether oxygens (including phenoxy) is 2. The van der Waals surface area contributed by atoms with Crippen LogP contribution in [0.5, 0.6) is 11.5 Å². The van der Waals surface area contributed by atoms with E-state index in [4.69, 9.17) is 183 Å². The van der Waals surface area contributed by atoms with Gasteiger partial charge in [-0.05, 0) is 35.1 Å². The van der Waals surface area contributed by atoms with Crippen LogP contribution in [0.3, 0.4) is 0 Å². The molecular weight excluding hydrogens is 828 g/mol. The van der Waals surface area contributed by atoms with Crippen molar-refractivity contribution in [1.82, 2.24) is 0 Å². The molecule has 4 fully saturated rings. The molecular formula is C22H13Cl15O2. The molecule has 4 saturated carbocycles. The van der Waals surface area contributed by atoms with Gasteiger partial charge in [0.25, 0.3) is 0 Å². The molecule has 0 aliphatic heterocycles. The lowest BCUT2D eigenvalue weighted by molar-refractivity contribution is 0.108. The lowest BCUT2D eigenvalue weighted by atomic mass is 9.54. The van der Waals surface area contributed by atoms with E-state index >= 15 is 0 Å². The minimum atomic E-state index is -2.24. The van der Waals surface area contributed by atoms with Gasteiger partial charge in [0.1, 0.15) is 19.0 Å². The number of benzene rings is 1. The third-order valence-corrected chi connectivity index (χ3v) is 20.7. The lowest BCUT2D eigenvalue weighted by Crippen LogP contribution is -2.67. The number of hydrogen-bond donors (Lipinski definition) is 0. The quantitative estimate of drug-likeness (QED) is 0.276. The summed E-state index contributed by atoms with van der Waals surface area (Å²) in [5.41, 5.74) is 1.01. The Morgan fingerprint density at radius 1 is 0.513 bits per heavy atom. The van der Waals surface area contributed by atoms with Crippen LogP contribution in [0.2, 0.25) is 0 Å². The number of fused-ring (bicyclic) bond motifs is 14. The topological polar surface area (TPSA) is 18.5 Å². The zero-order chi connectivity index (χ0) is 29.5. The Bertz CT molecular complexity index is 1310. The average molecular weight is 841 g/mol. The van der Waals surface area contributed by atoms with Crippen molar-refractivity contribution in [3.05, 3.63) is 23.3 Å². The SMILES string of the molecule is COc1cc2c(cc1OC)[C@@H]1[C@H]([C@H]3[C@@H]2[C@@]2(Cl)C(Cl)(Cl)[C@@H]3C(Cl)(Cl)C2(Cl)Cl)[C@@]2(Cl)C(Cl)(Cl)C(Cl)(Cl)[C@@]1(Cl)C2(Cl)Cl. The highest BCUT2D eigenvalue weighted by Crippen LogP contribution is 2.93. The molecule has 5 aliphatic carbocycles. The lowest BCUT2D eigenvalue weighted by Gasteiger charge is -2.60. The monoisotopic (exact) mass is 834 g/mol. The molecule has 17 heteroatoms. The third-order valence-electron chi connectivity index (χ3n) is 9.48. The number of rotatable bonds is 2. The predicted molar refractivity (Wildman–Crippen MR) is 168 cm³/mol. The van der Waals surface area contributed by atoms with Gasteiger partial charge in [-0.1, -0.05) is 139 Å². The highest BCUT2D eigenvalue weighted by atomic mass is 35.6. The van der Waals surface area contributed by atoms with Gasteiger partial charge in [0.2, 0.25) is 0 Å². The van der Waals surface area contributed by atoms with Gasteiger partial charge in [-0.25, -0.2) is 0 Å². The number of alkyl halides is 15. The fraction of sp³-hybridized carbons (Fsp3) is 0.727. The fourth-order valence-corrected chi connectivity index (χ4v) is 16.3. The fourth-order valence-electron chi connectivity index (χ4n) is 8.03. The van der Waals surface area contributed by atoms with E-state index < -0.39 is 70.2 Å². The van der Waals surface area contributed by atoms with E-state index in [1.165, 1.54) is 14.2 Å². The number of methoxy groups -OCH3 is 2. The van der Waals surface area contributed by atoms with E-state index in [0.29, 0.717) is 22.6 Å². The molecule has 0 unspecified atom stereocenters. The Hall–Kier alpha value is 3.17. The van der Waals surface area contributed by atoms with E-state index in [1.807, 2.05) is 0 Å². The molecule has 218 valence electrons. The molecule has 6 rings (SSSR count). The largest absolute Gasteiger partial charge is 0.493 e. The van der Waals surface area contributed by atoms with Gasteiger partial charge in [0.15, 0.2) is 33.2 Å². The van der Waals surface area contributed by atoms with E-state index in [2.05, 4.69) is 0 Å². The molecule has 0 radical (unpaired) electrons. The van der Waals surface area contributed by atoms with E-state index in [0.717, 1.165) is 0 Å². The summed E-state index contributed by atoms with van der Waals surface area (Å²) in [7, 11) is 2.92. The van der Waals surface area contributed by atoms with Crippen LogP contribution < -0.4 is 9.47 Å². The molecule has 1 aromatic carbocycles. The van der Waals surface area contributed by atoms with Crippen LogP contribution in [0, 0.1) is 17.8 Å². The van der Waals surface area contributed by atoms with Crippen molar-refractivity contribution in [2.45, 2.75) is 52.5 Å². The summed E-state index contributed by atoms with van der Waals surface area (Å²) in [4.78, 5) is -5.98. The Kier molecular flexibility index (Phi) is 7.04. The normalized spacial score (nSPS) is 47.4. The Morgan fingerprint density at radius 3 is 1.41 bits per heavy atom. The maximum Gasteiger partial charge on any atom is 0.175 e. The second-order valence-corrected chi connectivity index (χ2v) is 20.4. The molecule has 4 bridgehead atoms. The highest BCUT2D eigenvalue weighted by Gasteiger charge is 3.00. The summed E-state index contributed by atoms with van der Waals surface area (Å²) < 4.78 is -1.48. The maximum atomic E-state index is 7.41. The van der Waals surface area contributed by atoms with Crippen molar-refractivity contribution in [2.24, 2.45) is 17.8 Å². The zero-order valence-corrected chi connectivity index (χ0v) is 30.4. The zero-order valence-electron chi connectivity index (χ0n) is 19.0. The highest BCUT2D eigenvalue weighted by molar-refractivity contribution is 6.75. The van der Waals surface area contributed by atoms with Gasteiger partial charge < -0.3 is 9.47 Å². The smallest absolute Gasteiger partial charge is 0.175 e. The second kappa shape index (κ2) is 8.55.